The van der Waals surface area contributed by atoms with Crippen LogP contribution in [0, 0.1) is 0 Å². The summed E-state index contributed by atoms with van der Waals surface area (Å²) in [5, 5.41) is 2.50. The molecule has 2 aromatic rings. The molecule has 0 aliphatic heterocycles. The zero-order valence-corrected chi connectivity index (χ0v) is 16.0. The van der Waals surface area contributed by atoms with Crippen molar-refractivity contribution in [1.29, 1.82) is 0 Å². The molecule has 152 valence electrons. The first kappa shape index (κ1) is 21.8. The third-order valence-electron chi connectivity index (χ3n) is 3.92. The van der Waals surface area contributed by atoms with Crippen LogP contribution in [0.5, 0.6) is 5.75 Å². The molecular formula is C21H24F3NO3. The number of alkyl halides is 3. The smallest absolute Gasteiger partial charge is 0.416 e. The number of benzene rings is 2. The summed E-state index contributed by atoms with van der Waals surface area (Å²) in [6.45, 7) is 5.01. The predicted molar refractivity (Wildman–Crippen MR) is 99.7 cm³/mol. The number of hydrogen-bond acceptors (Lipinski definition) is 3. The van der Waals surface area contributed by atoms with Crippen LogP contribution in [0.3, 0.4) is 0 Å². The number of rotatable bonds is 8. The predicted octanol–water partition coefficient (Wildman–Crippen LogP) is 4.71. The van der Waals surface area contributed by atoms with Gasteiger partial charge < -0.3 is 14.8 Å². The van der Waals surface area contributed by atoms with Crippen molar-refractivity contribution in [2.24, 2.45) is 0 Å². The van der Waals surface area contributed by atoms with Gasteiger partial charge in [-0.2, -0.15) is 13.2 Å². The van der Waals surface area contributed by atoms with Crippen molar-refractivity contribution in [2.45, 2.75) is 52.3 Å². The van der Waals surface area contributed by atoms with Crippen LogP contribution in [-0.2, 0) is 28.9 Å². The average Bonchev–Trinajstić information content (AvgIpc) is 2.64. The van der Waals surface area contributed by atoms with Crippen molar-refractivity contribution in [3.8, 4) is 5.75 Å². The van der Waals surface area contributed by atoms with E-state index in [1.54, 1.807) is 20.8 Å². The summed E-state index contributed by atoms with van der Waals surface area (Å²) in [6.07, 6.45) is -5.58. The zero-order chi connectivity index (χ0) is 20.7. The Morgan fingerprint density at radius 3 is 2.36 bits per heavy atom. The number of nitrogens with one attached hydrogen (secondary N) is 1. The monoisotopic (exact) mass is 395 g/mol. The highest BCUT2D eigenvalue weighted by atomic mass is 19.4. The first-order valence-electron chi connectivity index (χ1n) is 8.97. The molecular weight excluding hydrogens is 371 g/mol. The molecule has 0 saturated carbocycles. The fraction of sp³-hybridized carbons (Fsp3) is 0.381. The summed E-state index contributed by atoms with van der Waals surface area (Å²) in [5.41, 5.74) is 0.0401. The Balaban J connectivity index is 1.99. The van der Waals surface area contributed by atoms with E-state index in [9.17, 15) is 18.0 Å². The van der Waals surface area contributed by atoms with Crippen molar-refractivity contribution in [2.75, 3.05) is 0 Å². The molecule has 0 fully saturated rings. The van der Waals surface area contributed by atoms with Crippen molar-refractivity contribution in [1.82, 2.24) is 5.32 Å². The van der Waals surface area contributed by atoms with Crippen LogP contribution in [0.25, 0.3) is 0 Å². The Morgan fingerprint density at radius 2 is 1.75 bits per heavy atom. The Kier molecular flexibility index (Phi) is 7.45. The molecule has 7 heteroatoms. The summed E-state index contributed by atoms with van der Waals surface area (Å²) in [7, 11) is 0. The van der Waals surface area contributed by atoms with Gasteiger partial charge in [-0.25, -0.2) is 0 Å². The van der Waals surface area contributed by atoms with Crippen molar-refractivity contribution >= 4 is 5.91 Å². The van der Waals surface area contributed by atoms with Crippen molar-refractivity contribution < 1.29 is 27.4 Å². The minimum absolute atomic E-state index is 0.0350. The molecule has 1 N–H and O–H groups in total. The van der Waals surface area contributed by atoms with Gasteiger partial charge in [0.1, 0.15) is 11.9 Å². The van der Waals surface area contributed by atoms with Crippen LogP contribution in [-0.4, -0.2) is 18.1 Å². The lowest BCUT2D eigenvalue weighted by Crippen LogP contribution is -2.34. The van der Waals surface area contributed by atoms with Gasteiger partial charge >= 0.3 is 6.18 Å². The Labute approximate surface area is 162 Å². The molecule has 0 saturated heterocycles. The van der Waals surface area contributed by atoms with Crippen molar-refractivity contribution in [3.63, 3.8) is 0 Å². The number of amides is 1. The topological polar surface area (TPSA) is 47.6 Å². The van der Waals surface area contributed by atoms with Crippen LogP contribution in [0.4, 0.5) is 13.2 Å². The van der Waals surface area contributed by atoms with Gasteiger partial charge in [0.15, 0.2) is 0 Å². The van der Waals surface area contributed by atoms with Gasteiger partial charge in [0.2, 0.25) is 5.91 Å². The molecule has 0 bridgehead atoms. The number of hydrogen-bond donors (Lipinski definition) is 1. The molecule has 0 heterocycles. The number of carbonyl (C=O) groups is 1. The molecule has 1 amide bonds. The molecule has 0 spiro atoms. The highest BCUT2D eigenvalue weighted by molar-refractivity contribution is 5.80. The van der Waals surface area contributed by atoms with E-state index in [0.29, 0.717) is 0 Å². The van der Waals surface area contributed by atoms with Gasteiger partial charge in [-0.05, 0) is 44.0 Å². The van der Waals surface area contributed by atoms with E-state index >= 15 is 0 Å². The fourth-order valence-corrected chi connectivity index (χ4v) is 2.52. The molecule has 2 rings (SSSR count). The van der Waals surface area contributed by atoms with Crippen LogP contribution in [0.1, 0.15) is 37.5 Å². The lowest BCUT2D eigenvalue weighted by Gasteiger charge is -2.18. The summed E-state index contributed by atoms with van der Waals surface area (Å²) in [6, 6.07) is 13.0. The van der Waals surface area contributed by atoms with Crippen molar-refractivity contribution in [3.05, 3.63) is 65.2 Å². The minimum Gasteiger partial charge on any atom is -0.491 e. The van der Waals surface area contributed by atoms with Crippen LogP contribution >= 0.6 is 0 Å². The largest absolute Gasteiger partial charge is 0.491 e. The Morgan fingerprint density at radius 1 is 1.07 bits per heavy atom. The van der Waals surface area contributed by atoms with Gasteiger partial charge in [-0.1, -0.05) is 36.4 Å². The molecule has 0 aliphatic carbocycles. The van der Waals surface area contributed by atoms with Crippen LogP contribution < -0.4 is 10.1 Å². The minimum atomic E-state index is -4.55. The SMILES string of the molecule is CC(C)Oc1ccc(CNC(=O)C(C)OCc2ccccc2)c(C(F)(F)F)c1. The second-order valence-corrected chi connectivity index (χ2v) is 6.64. The van der Waals surface area contributed by atoms with E-state index < -0.39 is 23.8 Å². The average molecular weight is 395 g/mol. The molecule has 0 radical (unpaired) electrons. The molecule has 1 unspecified atom stereocenters. The van der Waals surface area contributed by atoms with E-state index in [1.807, 2.05) is 30.3 Å². The van der Waals surface area contributed by atoms with Gasteiger partial charge in [0, 0.05) is 6.54 Å². The standard InChI is InChI=1S/C21H24F3NO3/c1-14(2)28-18-10-9-17(19(11-18)21(22,23)24)12-25-20(26)15(3)27-13-16-7-5-4-6-8-16/h4-11,14-15H,12-13H2,1-3H3,(H,25,26). The van der Waals surface area contributed by atoms with Gasteiger partial charge in [-0.15, -0.1) is 0 Å². The molecule has 1 atom stereocenters. The van der Waals surface area contributed by atoms with Crippen LogP contribution in [0.15, 0.2) is 48.5 Å². The number of carbonyl (C=O) groups excluding carboxylic acids is 1. The fourth-order valence-electron chi connectivity index (χ4n) is 2.52. The van der Waals surface area contributed by atoms with E-state index in [2.05, 4.69) is 5.32 Å². The Bertz CT molecular complexity index is 776. The summed E-state index contributed by atoms with van der Waals surface area (Å²) in [5.74, 6) is -0.344. The van der Waals surface area contributed by atoms with Gasteiger partial charge in [-0.3, -0.25) is 4.79 Å². The van der Waals surface area contributed by atoms with E-state index in [1.165, 1.54) is 12.1 Å². The lowest BCUT2D eigenvalue weighted by atomic mass is 10.1. The maximum atomic E-state index is 13.4. The first-order valence-corrected chi connectivity index (χ1v) is 8.97. The quantitative estimate of drug-likeness (QED) is 0.704. The zero-order valence-electron chi connectivity index (χ0n) is 16.0. The maximum Gasteiger partial charge on any atom is 0.416 e. The lowest BCUT2D eigenvalue weighted by molar-refractivity contribution is -0.139. The molecule has 0 aliphatic rings. The van der Waals surface area contributed by atoms with E-state index in [0.717, 1.165) is 11.6 Å². The number of ether oxygens (including phenoxy) is 2. The molecule has 0 aromatic heterocycles. The third kappa shape index (κ3) is 6.56. The summed E-state index contributed by atoms with van der Waals surface area (Å²) >= 11 is 0. The second kappa shape index (κ2) is 9.59. The maximum absolute atomic E-state index is 13.4. The third-order valence-corrected chi connectivity index (χ3v) is 3.92. The molecule has 28 heavy (non-hydrogen) atoms. The first-order chi connectivity index (χ1) is 13.2. The van der Waals surface area contributed by atoms with Gasteiger partial charge in [0.25, 0.3) is 0 Å². The highest BCUT2D eigenvalue weighted by Gasteiger charge is 2.34. The summed E-state index contributed by atoms with van der Waals surface area (Å²) < 4.78 is 50.9. The number of halogens is 3. The Hall–Kier alpha value is -2.54. The summed E-state index contributed by atoms with van der Waals surface area (Å²) in [4.78, 5) is 12.2. The molecule has 2 aromatic carbocycles. The highest BCUT2D eigenvalue weighted by Crippen LogP contribution is 2.34. The van der Waals surface area contributed by atoms with Crippen LogP contribution in [0.2, 0.25) is 0 Å². The molecule has 4 nitrogen and oxygen atoms in total. The van der Waals surface area contributed by atoms with E-state index in [4.69, 9.17) is 9.47 Å². The van der Waals surface area contributed by atoms with E-state index in [-0.39, 0.29) is 30.6 Å². The second-order valence-electron chi connectivity index (χ2n) is 6.64. The normalized spacial score (nSPS) is 12.7. The van der Waals surface area contributed by atoms with Gasteiger partial charge in [0.05, 0.1) is 18.3 Å².